The van der Waals surface area contributed by atoms with Gasteiger partial charge in [-0.05, 0) is 161 Å². The molecule has 10 aromatic carbocycles. The molecule has 2 heterocycles. The van der Waals surface area contributed by atoms with Crippen molar-refractivity contribution >= 4 is 65.4 Å². The first-order chi connectivity index (χ1) is 39.1. The molecule has 2 nitrogen and oxygen atoms in total. The molecule has 3 aliphatic carbocycles. The highest BCUT2D eigenvalue weighted by molar-refractivity contribution is 6.17. The fourth-order valence-corrected chi connectivity index (χ4v) is 15.9. The van der Waals surface area contributed by atoms with Crippen molar-refractivity contribution in [3.05, 3.63) is 203 Å². The van der Waals surface area contributed by atoms with Crippen molar-refractivity contribution in [1.82, 2.24) is 0 Å². The topological polar surface area (TPSA) is 26.3 Å². The van der Waals surface area contributed by atoms with Crippen LogP contribution in [-0.4, -0.2) is 0 Å². The summed E-state index contributed by atoms with van der Waals surface area (Å²) in [5, 5.41) is 9.89. The summed E-state index contributed by atoms with van der Waals surface area (Å²) in [4.78, 5) is 0. The molecule has 0 aliphatic heterocycles. The molecule has 2 aromatic heterocycles. The van der Waals surface area contributed by atoms with Gasteiger partial charge in [0.25, 0.3) is 0 Å². The van der Waals surface area contributed by atoms with E-state index in [1.165, 1.54) is 187 Å². The minimum Gasteiger partial charge on any atom is -0.455 e. The molecule has 396 valence electrons. The SMILES string of the molecule is CCCCCCCCC1(CCCCCCC)c2cc3c(cc2-c2cc4c(cc21)-c1c(cc(-c2cccc5c2oc2ccccc25)c2ccccc12)C4(C)C)C(C)(C)c1cc(-c2cccc4c2oc2ccccc24)c2ccccc2c1-3. The third kappa shape index (κ3) is 7.15. The van der Waals surface area contributed by atoms with E-state index in [0.717, 1.165) is 39.9 Å². The zero-order chi connectivity index (χ0) is 54.1. The van der Waals surface area contributed by atoms with Crippen molar-refractivity contribution < 1.29 is 8.83 Å². The fraction of sp³-hybridized carbons (Fsp3) is 0.282. The van der Waals surface area contributed by atoms with Crippen LogP contribution in [0.15, 0.2) is 179 Å². The van der Waals surface area contributed by atoms with Crippen LogP contribution in [0.25, 0.3) is 121 Å². The van der Waals surface area contributed by atoms with E-state index < -0.39 is 0 Å². The molecule has 80 heavy (non-hydrogen) atoms. The molecule has 0 amide bonds. The van der Waals surface area contributed by atoms with Crippen LogP contribution in [0.3, 0.4) is 0 Å². The smallest absolute Gasteiger partial charge is 0.143 e. The Labute approximate surface area is 471 Å². The zero-order valence-corrected chi connectivity index (χ0v) is 47.7. The van der Waals surface area contributed by atoms with Crippen LogP contribution < -0.4 is 0 Å². The second-order valence-corrected chi connectivity index (χ2v) is 25.2. The number of hydrogen-bond acceptors (Lipinski definition) is 2. The molecule has 15 rings (SSSR count). The van der Waals surface area contributed by atoms with E-state index in [1.54, 1.807) is 11.1 Å². The molecule has 2 heteroatoms. The van der Waals surface area contributed by atoms with Gasteiger partial charge in [-0.3, -0.25) is 0 Å². The first kappa shape index (κ1) is 49.4. The van der Waals surface area contributed by atoms with Crippen LogP contribution in [-0.2, 0) is 16.2 Å². The van der Waals surface area contributed by atoms with Gasteiger partial charge in [0.2, 0.25) is 0 Å². The molecule has 0 fully saturated rings. The molecule has 0 atom stereocenters. The summed E-state index contributed by atoms with van der Waals surface area (Å²) in [6, 6.07) is 65.0. The second kappa shape index (κ2) is 18.7. The quantitative estimate of drug-likeness (QED) is 0.0957. The summed E-state index contributed by atoms with van der Waals surface area (Å²) in [5.41, 5.74) is 25.4. The molecule has 0 N–H and O–H groups in total. The maximum atomic E-state index is 6.78. The Balaban J connectivity index is 0.945. The van der Waals surface area contributed by atoms with Crippen molar-refractivity contribution in [2.75, 3.05) is 0 Å². The third-order valence-corrected chi connectivity index (χ3v) is 20.0. The average molecular weight is 1040 g/mol. The summed E-state index contributed by atoms with van der Waals surface area (Å²) >= 11 is 0. The van der Waals surface area contributed by atoms with E-state index in [4.69, 9.17) is 8.83 Å². The van der Waals surface area contributed by atoms with Gasteiger partial charge in [-0.25, -0.2) is 0 Å². The van der Waals surface area contributed by atoms with Gasteiger partial charge in [0.15, 0.2) is 0 Å². The Hall–Kier alpha value is -7.68. The lowest BCUT2D eigenvalue weighted by atomic mass is 9.69. The standard InChI is InChI=1S/C78H72O2/c1-7-9-11-13-15-25-41-78(40-24-14-12-10-8-2)66-46-62-64(76(3,4)68-42-58(48-28-16-18-32-52(48)72(62)68)56-36-26-34-54-50-30-20-22-38-70(50)79-74(54)56)44-60(66)61-45-65-63(47-67(61)78)73-53-33-19-17-29-49(53)59(43-69(73)77(65,5)6)57-37-27-35-55-51-31-21-23-39-71(51)80-75(55)57/h16-23,26-39,42-47H,7-15,24-25,40-41H2,1-6H3. The molecule has 0 radical (unpaired) electrons. The minimum absolute atomic E-state index is 0.120. The maximum absolute atomic E-state index is 6.78. The monoisotopic (exact) mass is 1040 g/mol. The van der Waals surface area contributed by atoms with Crippen molar-refractivity contribution in [1.29, 1.82) is 0 Å². The predicted molar refractivity (Wildman–Crippen MR) is 340 cm³/mol. The van der Waals surface area contributed by atoms with Gasteiger partial charge in [-0.15, -0.1) is 0 Å². The van der Waals surface area contributed by atoms with Crippen molar-refractivity contribution in [2.24, 2.45) is 0 Å². The number of furan rings is 2. The summed E-state index contributed by atoms with van der Waals surface area (Å²) in [5.74, 6) is 0. The highest BCUT2D eigenvalue weighted by Gasteiger charge is 2.49. The molecular weight excluding hydrogens is 969 g/mol. The van der Waals surface area contributed by atoms with Crippen LogP contribution >= 0.6 is 0 Å². The van der Waals surface area contributed by atoms with Crippen LogP contribution in [0.5, 0.6) is 0 Å². The summed E-state index contributed by atoms with van der Waals surface area (Å²) in [6.45, 7) is 14.7. The number of unbranched alkanes of at least 4 members (excludes halogenated alkanes) is 9. The van der Waals surface area contributed by atoms with Crippen LogP contribution in [0.2, 0.25) is 0 Å². The van der Waals surface area contributed by atoms with Crippen molar-refractivity contribution in [2.45, 2.75) is 141 Å². The average Bonchev–Trinajstić information content (AvgIpc) is 4.42. The zero-order valence-electron chi connectivity index (χ0n) is 47.7. The molecular formula is C78H72O2. The van der Waals surface area contributed by atoms with Crippen LogP contribution in [0.1, 0.15) is 158 Å². The number of fused-ring (bicyclic) bond motifs is 19. The Bertz CT molecular complexity index is 4220. The highest BCUT2D eigenvalue weighted by atomic mass is 16.3. The summed E-state index contributed by atoms with van der Waals surface area (Å²) in [6.07, 6.45) is 16.4. The molecule has 0 bridgehead atoms. The molecule has 12 aromatic rings. The number of para-hydroxylation sites is 4. The van der Waals surface area contributed by atoms with E-state index >= 15 is 0 Å². The van der Waals surface area contributed by atoms with Gasteiger partial charge in [0.05, 0.1) is 0 Å². The lowest BCUT2D eigenvalue weighted by Crippen LogP contribution is -2.26. The maximum Gasteiger partial charge on any atom is 0.143 e. The third-order valence-electron chi connectivity index (χ3n) is 20.0. The largest absolute Gasteiger partial charge is 0.455 e. The Morgan fingerprint density at radius 1 is 0.287 bits per heavy atom. The lowest BCUT2D eigenvalue weighted by molar-refractivity contribution is 0.398. The normalized spacial score (nSPS) is 15.1. The van der Waals surface area contributed by atoms with Gasteiger partial charge in [-0.2, -0.15) is 0 Å². The van der Waals surface area contributed by atoms with E-state index in [0.29, 0.717) is 0 Å². The first-order valence-corrected chi connectivity index (χ1v) is 30.4. The van der Waals surface area contributed by atoms with E-state index in [9.17, 15) is 0 Å². The number of benzene rings is 10. The Morgan fingerprint density at radius 2 is 0.637 bits per heavy atom. The lowest BCUT2D eigenvalue weighted by Gasteiger charge is -2.34. The molecule has 0 spiro atoms. The molecule has 0 saturated carbocycles. The Kier molecular flexibility index (Phi) is 11.5. The van der Waals surface area contributed by atoms with Gasteiger partial charge in [-0.1, -0.05) is 233 Å². The van der Waals surface area contributed by atoms with Gasteiger partial charge in [0.1, 0.15) is 22.3 Å². The summed E-state index contributed by atoms with van der Waals surface area (Å²) in [7, 11) is 0. The van der Waals surface area contributed by atoms with Crippen LogP contribution in [0, 0.1) is 0 Å². The summed E-state index contributed by atoms with van der Waals surface area (Å²) < 4.78 is 13.6. The molecule has 0 unspecified atom stereocenters. The molecule has 3 aliphatic rings. The number of hydrogen-bond donors (Lipinski definition) is 0. The fourth-order valence-electron chi connectivity index (χ4n) is 15.9. The minimum atomic E-state index is -0.255. The van der Waals surface area contributed by atoms with Gasteiger partial charge >= 0.3 is 0 Å². The van der Waals surface area contributed by atoms with Gasteiger partial charge in [0, 0.05) is 48.9 Å². The van der Waals surface area contributed by atoms with Gasteiger partial charge < -0.3 is 8.83 Å². The first-order valence-electron chi connectivity index (χ1n) is 30.4. The van der Waals surface area contributed by atoms with Crippen LogP contribution in [0.4, 0.5) is 0 Å². The Morgan fingerprint density at radius 3 is 1.07 bits per heavy atom. The number of rotatable bonds is 15. The van der Waals surface area contributed by atoms with Crippen molar-refractivity contribution in [3.63, 3.8) is 0 Å². The molecule has 0 saturated heterocycles. The second-order valence-electron chi connectivity index (χ2n) is 25.2. The predicted octanol–water partition coefficient (Wildman–Crippen LogP) is 23.1. The highest BCUT2D eigenvalue weighted by Crippen LogP contribution is 2.64. The van der Waals surface area contributed by atoms with Crippen molar-refractivity contribution in [3.8, 4) is 55.6 Å². The van der Waals surface area contributed by atoms with E-state index in [2.05, 4.69) is 211 Å². The van der Waals surface area contributed by atoms with E-state index in [-0.39, 0.29) is 16.2 Å². The van der Waals surface area contributed by atoms with E-state index in [1.807, 2.05) is 0 Å².